The minimum absolute atomic E-state index is 0.0473. The van der Waals surface area contributed by atoms with E-state index in [4.69, 9.17) is 7.85 Å². The SMILES string of the molecule is [B]CCC(C)(C)CC(C)(C)CNC(=O)CCc1ccc2c(c1)[nH]c1ccncc12. The molecular weight excluding hydrogens is 357 g/mol. The van der Waals surface area contributed by atoms with Crippen LogP contribution in [-0.4, -0.2) is 30.3 Å². The van der Waals surface area contributed by atoms with Gasteiger partial charge in [0, 0.05) is 47.2 Å². The summed E-state index contributed by atoms with van der Waals surface area (Å²) in [6, 6.07) is 8.35. The molecule has 0 saturated heterocycles. The van der Waals surface area contributed by atoms with E-state index in [9.17, 15) is 4.79 Å². The molecule has 5 heteroatoms. The lowest BCUT2D eigenvalue weighted by Gasteiger charge is -2.35. The van der Waals surface area contributed by atoms with Crippen molar-refractivity contribution in [2.45, 2.75) is 59.7 Å². The van der Waals surface area contributed by atoms with E-state index in [-0.39, 0.29) is 16.7 Å². The average Bonchev–Trinajstić information content (AvgIpc) is 3.01. The molecule has 3 rings (SSSR count). The molecule has 2 radical (unpaired) electrons. The second-order valence-corrected chi connectivity index (χ2v) is 9.75. The highest BCUT2D eigenvalue weighted by Gasteiger charge is 2.28. The highest BCUT2D eigenvalue weighted by Crippen LogP contribution is 2.36. The van der Waals surface area contributed by atoms with E-state index in [1.807, 2.05) is 12.3 Å². The van der Waals surface area contributed by atoms with Crippen molar-refractivity contribution in [1.82, 2.24) is 15.3 Å². The molecule has 1 amide bonds. The fraction of sp³-hybridized carbons (Fsp3) is 0.500. The number of nitrogens with zero attached hydrogens (tertiary/aromatic N) is 1. The maximum atomic E-state index is 12.4. The molecule has 0 aliphatic rings. The average molecular weight is 389 g/mol. The van der Waals surface area contributed by atoms with Crippen molar-refractivity contribution in [2.24, 2.45) is 10.8 Å². The number of pyridine rings is 1. The van der Waals surface area contributed by atoms with E-state index in [0.29, 0.717) is 19.3 Å². The summed E-state index contributed by atoms with van der Waals surface area (Å²) < 4.78 is 0. The molecule has 29 heavy (non-hydrogen) atoms. The zero-order valence-electron chi connectivity index (χ0n) is 18.1. The molecule has 152 valence electrons. The van der Waals surface area contributed by atoms with Gasteiger partial charge in [-0.25, -0.2) is 0 Å². The summed E-state index contributed by atoms with van der Waals surface area (Å²) >= 11 is 0. The van der Waals surface area contributed by atoms with Crippen LogP contribution in [0.4, 0.5) is 0 Å². The van der Waals surface area contributed by atoms with Gasteiger partial charge in [0.2, 0.25) is 5.91 Å². The van der Waals surface area contributed by atoms with Crippen molar-refractivity contribution in [2.75, 3.05) is 6.54 Å². The van der Waals surface area contributed by atoms with Gasteiger partial charge in [0.15, 0.2) is 0 Å². The Labute approximate surface area is 175 Å². The Morgan fingerprint density at radius 1 is 1.10 bits per heavy atom. The number of carbonyl (C=O) groups is 1. The van der Waals surface area contributed by atoms with E-state index in [0.717, 1.165) is 41.2 Å². The lowest BCUT2D eigenvalue weighted by Crippen LogP contribution is -2.36. The van der Waals surface area contributed by atoms with Crippen LogP contribution in [0.3, 0.4) is 0 Å². The van der Waals surface area contributed by atoms with E-state index in [1.165, 1.54) is 5.39 Å². The van der Waals surface area contributed by atoms with E-state index in [2.05, 4.69) is 61.2 Å². The van der Waals surface area contributed by atoms with Gasteiger partial charge < -0.3 is 10.3 Å². The molecule has 4 nitrogen and oxygen atoms in total. The molecule has 0 saturated carbocycles. The lowest BCUT2D eigenvalue weighted by atomic mass is 9.71. The third kappa shape index (κ3) is 5.62. The third-order valence-corrected chi connectivity index (χ3v) is 5.65. The van der Waals surface area contributed by atoms with Gasteiger partial charge in [-0.05, 0) is 41.4 Å². The van der Waals surface area contributed by atoms with Crippen LogP contribution in [0, 0.1) is 10.8 Å². The maximum absolute atomic E-state index is 12.4. The topological polar surface area (TPSA) is 57.8 Å². The van der Waals surface area contributed by atoms with Crippen molar-refractivity contribution < 1.29 is 4.79 Å². The predicted octanol–water partition coefficient (Wildman–Crippen LogP) is 5.18. The monoisotopic (exact) mass is 389 g/mol. The molecule has 0 unspecified atom stereocenters. The number of aromatic amines is 1. The molecule has 2 N–H and O–H groups in total. The Bertz CT molecular complexity index is 990. The number of aryl methyl sites for hydroxylation is 1. The maximum Gasteiger partial charge on any atom is 0.220 e. The number of aromatic nitrogens is 2. The van der Waals surface area contributed by atoms with Gasteiger partial charge in [-0.15, -0.1) is 0 Å². The normalized spacial score (nSPS) is 12.6. The van der Waals surface area contributed by atoms with E-state index >= 15 is 0 Å². The number of rotatable bonds is 9. The van der Waals surface area contributed by atoms with Crippen LogP contribution in [0.15, 0.2) is 36.7 Å². The largest absolute Gasteiger partial charge is 0.356 e. The highest BCUT2D eigenvalue weighted by atomic mass is 16.1. The molecule has 0 aliphatic carbocycles. The molecule has 0 fully saturated rings. The van der Waals surface area contributed by atoms with Crippen LogP contribution in [0.5, 0.6) is 0 Å². The van der Waals surface area contributed by atoms with Crippen LogP contribution < -0.4 is 5.32 Å². The molecule has 1 aromatic carbocycles. The van der Waals surface area contributed by atoms with Crippen molar-refractivity contribution in [1.29, 1.82) is 0 Å². The minimum atomic E-state index is 0.0473. The fourth-order valence-electron chi connectivity index (χ4n) is 4.47. The first-order valence-corrected chi connectivity index (χ1v) is 10.5. The zero-order chi connectivity index (χ0) is 21.1. The summed E-state index contributed by atoms with van der Waals surface area (Å²) in [7, 11) is 5.73. The summed E-state index contributed by atoms with van der Waals surface area (Å²) in [4.78, 5) is 20.1. The summed E-state index contributed by atoms with van der Waals surface area (Å²) in [5.41, 5.74) is 3.58. The Hall–Kier alpha value is -2.30. The van der Waals surface area contributed by atoms with Crippen molar-refractivity contribution in [3.05, 3.63) is 42.2 Å². The number of fused-ring (bicyclic) bond motifs is 3. The van der Waals surface area contributed by atoms with Crippen molar-refractivity contribution in [3.63, 3.8) is 0 Å². The summed E-state index contributed by atoms with van der Waals surface area (Å²) in [6.45, 7) is 9.61. The fourth-order valence-corrected chi connectivity index (χ4v) is 4.47. The quantitative estimate of drug-likeness (QED) is 0.495. The van der Waals surface area contributed by atoms with Crippen molar-refractivity contribution in [3.8, 4) is 0 Å². The second kappa shape index (κ2) is 8.60. The first-order valence-electron chi connectivity index (χ1n) is 10.5. The predicted molar refractivity (Wildman–Crippen MR) is 122 cm³/mol. The van der Waals surface area contributed by atoms with Crippen molar-refractivity contribution >= 4 is 35.6 Å². The summed E-state index contributed by atoms with van der Waals surface area (Å²) in [5, 5.41) is 5.43. The molecule has 2 heterocycles. The van der Waals surface area contributed by atoms with Gasteiger partial charge in [-0.2, -0.15) is 0 Å². The molecule has 0 spiro atoms. The van der Waals surface area contributed by atoms with E-state index < -0.39 is 0 Å². The number of H-pyrrole nitrogens is 1. The summed E-state index contributed by atoms with van der Waals surface area (Å²) in [6.07, 6.45) is 7.64. The number of hydrogen-bond donors (Lipinski definition) is 2. The molecule has 0 aliphatic heterocycles. The number of benzene rings is 1. The van der Waals surface area contributed by atoms with Crippen LogP contribution in [0.1, 0.15) is 52.5 Å². The van der Waals surface area contributed by atoms with Gasteiger partial charge >= 0.3 is 0 Å². The van der Waals surface area contributed by atoms with Gasteiger partial charge in [0.05, 0.1) is 7.85 Å². The molecular formula is C24H32BN3O. The van der Waals surface area contributed by atoms with Crippen LogP contribution >= 0.6 is 0 Å². The van der Waals surface area contributed by atoms with Gasteiger partial charge in [0.1, 0.15) is 0 Å². The number of nitrogens with one attached hydrogen (secondary N) is 2. The summed E-state index contributed by atoms with van der Waals surface area (Å²) in [5.74, 6) is 0.107. The van der Waals surface area contributed by atoms with Gasteiger partial charge in [-0.3, -0.25) is 9.78 Å². The zero-order valence-corrected chi connectivity index (χ0v) is 18.1. The number of hydrogen-bond acceptors (Lipinski definition) is 2. The van der Waals surface area contributed by atoms with Gasteiger partial charge in [-0.1, -0.05) is 52.6 Å². The minimum Gasteiger partial charge on any atom is -0.356 e. The Kier molecular flexibility index (Phi) is 6.35. The molecule has 2 aromatic heterocycles. The van der Waals surface area contributed by atoms with E-state index in [1.54, 1.807) is 6.20 Å². The number of carbonyl (C=O) groups excluding carboxylic acids is 1. The first kappa shape index (κ1) is 21.4. The third-order valence-electron chi connectivity index (χ3n) is 5.65. The van der Waals surface area contributed by atoms with Crippen LogP contribution in [-0.2, 0) is 11.2 Å². The molecule has 0 bridgehead atoms. The first-order chi connectivity index (χ1) is 13.7. The smallest absolute Gasteiger partial charge is 0.220 e. The number of amides is 1. The van der Waals surface area contributed by atoms with Crippen LogP contribution in [0.25, 0.3) is 21.8 Å². The Balaban J connectivity index is 1.54. The standard InChI is InChI=1S/C24H32BN3O/c1-23(2,10-11-25)15-24(3,4)16-27-22(29)8-6-17-5-7-18-19-14-26-12-9-20(19)28-21(18)13-17/h5,7,9,12-14,28H,6,8,10-11,15-16H2,1-4H3,(H,27,29). The Morgan fingerprint density at radius 2 is 1.90 bits per heavy atom. The lowest BCUT2D eigenvalue weighted by molar-refractivity contribution is -0.121. The second-order valence-electron chi connectivity index (χ2n) is 9.75. The molecule has 3 aromatic rings. The van der Waals surface area contributed by atoms with Crippen LogP contribution in [0.2, 0.25) is 6.32 Å². The Morgan fingerprint density at radius 3 is 2.66 bits per heavy atom. The van der Waals surface area contributed by atoms with Gasteiger partial charge in [0.25, 0.3) is 0 Å². The highest BCUT2D eigenvalue weighted by molar-refractivity contribution is 6.08. The molecule has 0 atom stereocenters.